The molecular weight excluding hydrogens is 216 g/mol. The molecule has 2 N–H and O–H groups in total. The van der Waals surface area contributed by atoms with E-state index in [0.717, 1.165) is 5.69 Å². The summed E-state index contributed by atoms with van der Waals surface area (Å²) in [5.41, 5.74) is 2.06. The number of anilines is 1. The standard InChI is InChI=1S/C13H20N2O2/c1-10(2)11-4-6-12(7-5-11)15-13(16)14-8-9-17-3/h4-7,10H,8-9H2,1-3H3,(H2,14,15,16). The van der Waals surface area contributed by atoms with Crippen LogP contribution in [0.3, 0.4) is 0 Å². The van der Waals surface area contributed by atoms with E-state index in [1.165, 1.54) is 5.56 Å². The number of rotatable bonds is 5. The molecule has 0 fully saturated rings. The molecule has 94 valence electrons. The topological polar surface area (TPSA) is 50.4 Å². The SMILES string of the molecule is COCCNC(=O)Nc1ccc(C(C)C)cc1. The van der Waals surface area contributed by atoms with Crippen LogP contribution in [0.4, 0.5) is 10.5 Å². The summed E-state index contributed by atoms with van der Waals surface area (Å²) >= 11 is 0. The Labute approximate surface area is 102 Å². The predicted molar refractivity (Wildman–Crippen MR) is 69.4 cm³/mol. The molecule has 0 saturated carbocycles. The van der Waals surface area contributed by atoms with Crippen LogP contribution in [-0.4, -0.2) is 26.3 Å². The summed E-state index contributed by atoms with van der Waals surface area (Å²) in [6.45, 7) is 5.30. The van der Waals surface area contributed by atoms with E-state index in [1.54, 1.807) is 7.11 Å². The quantitative estimate of drug-likeness (QED) is 0.772. The number of hydrogen-bond donors (Lipinski definition) is 2. The number of benzene rings is 1. The van der Waals surface area contributed by atoms with Gasteiger partial charge < -0.3 is 15.4 Å². The van der Waals surface area contributed by atoms with Crippen molar-refractivity contribution in [2.24, 2.45) is 0 Å². The molecule has 17 heavy (non-hydrogen) atoms. The highest BCUT2D eigenvalue weighted by Crippen LogP contribution is 2.16. The number of amides is 2. The summed E-state index contributed by atoms with van der Waals surface area (Å²) in [5.74, 6) is 0.500. The first-order valence-electron chi connectivity index (χ1n) is 5.77. The summed E-state index contributed by atoms with van der Waals surface area (Å²) in [4.78, 5) is 11.4. The largest absolute Gasteiger partial charge is 0.383 e. The van der Waals surface area contributed by atoms with Crippen molar-refractivity contribution in [2.45, 2.75) is 19.8 Å². The van der Waals surface area contributed by atoms with Gasteiger partial charge in [-0.3, -0.25) is 0 Å². The molecule has 0 saturated heterocycles. The maximum absolute atomic E-state index is 11.4. The third-order valence-electron chi connectivity index (χ3n) is 2.43. The zero-order chi connectivity index (χ0) is 12.7. The first-order valence-corrected chi connectivity index (χ1v) is 5.77. The number of methoxy groups -OCH3 is 1. The van der Waals surface area contributed by atoms with Crippen molar-refractivity contribution < 1.29 is 9.53 Å². The normalized spacial score (nSPS) is 10.4. The second kappa shape index (κ2) is 6.91. The Balaban J connectivity index is 2.43. The summed E-state index contributed by atoms with van der Waals surface area (Å²) in [5, 5.41) is 5.46. The second-order valence-corrected chi connectivity index (χ2v) is 4.15. The first kappa shape index (κ1) is 13.5. The lowest BCUT2D eigenvalue weighted by Gasteiger charge is -2.09. The third kappa shape index (κ3) is 4.87. The van der Waals surface area contributed by atoms with Gasteiger partial charge in [0.05, 0.1) is 6.61 Å². The Hall–Kier alpha value is -1.55. The van der Waals surface area contributed by atoms with E-state index in [2.05, 4.69) is 24.5 Å². The smallest absolute Gasteiger partial charge is 0.319 e. The van der Waals surface area contributed by atoms with E-state index in [9.17, 15) is 4.79 Å². The van der Waals surface area contributed by atoms with Crippen molar-refractivity contribution in [3.05, 3.63) is 29.8 Å². The van der Waals surface area contributed by atoms with Crippen molar-refractivity contribution in [3.8, 4) is 0 Å². The van der Waals surface area contributed by atoms with Gasteiger partial charge in [0.1, 0.15) is 0 Å². The van der Waals surface area contributed by atoms with Crippen LogP contribution in [-0.2, 0) is 4.74 Å². The van der Waals surface area contributed by atoms with Crippen LogP contribution in [0.15, 0.2) is 24.3 Å². The number of carbonyl (C=O) groups is 1. The molecule has 1 aromatic carbocycles. The molecule has 4 heteroatoms. The minimum Gasteiger partial charge on any atom is -0.383 e. The molecule has 0 aliphatic carbocycles. The third-order valence-corrected chi connectivity index (χ3v) is 2.43. The van der Waals surface area contributed by atoms with Gasteiger partial charge in [0.2, 0.25) is 0 Å². The lowest BCUT2D eigenvalue weighted by Crippen LogP contribution is -2.31. The molecule has 0 aliphatic rings. The fourth-order valence-electron chi connectivity index (χ4n) is 1.39. The van der Waals surface area contributed by atoms with Gasteiger partial charge in [0.25, 0.3) is 0 Å². The van der Waals surface area contributed by atoms with E-state index >= 15 is 0 Å². The van der Waals surface area contributed by atoms with Crippen molar-refractivity contribution in [3.63, 3.8) is 0 Å². The Morgan fingerprint density at radius 3 is 2.47 bits per heavy atom. The van der Waals surface area contributed by atoms with Gasteiger partial charge >= 0.3 is 6.03 Å². The zero-order valence-corrected chi connectivity index (χ0v) is 10.6. The maximum Gasteiger partial charge on any atom is 0.319 e. The molecule has 0 aromatic heterocycles. The second-order valence-electron chi connectivity index (χ2n) is 4.15. The van der Waals surface area contributed by atoms with Crippen molar-refractivity contribution in [1.82, 2.24) is 5.32 Å². The molecular formula is C13H20N2O2. The van der Waals surface area contributed by atoms with E-state index < -0.39 is 0 Å². The van der Waals surface area contributed by atoms with Crippen LogP contribution in [0.25, 0.3) is 0 Å². The zero-order valence-electron chi connectivity index (χ0n) is 10.6. The minimum absolute atomic E-state index is 0.209. The fraction of sp³-hybridized carbons (Fsp3) is 0.462. The summed E-state index contributed by atoms with van der Waals surface area (Å²) < 4.78 is 4.84. The average Bonchev–Trinajstić information content (AvgIpc) is 2.30. The predicted octanol–water partition coefficient (Wildman–Crippen LogP) is 2.58. The minimum atomic E-state index is -0.209. The van der Waals surface area contributed by atoms with Crippen LogP contribution in [0.2, 0.25) is 0 Å². The molecule has 0 bridgehead atoms. The van der Waals surface area contributed by atoms with Gasteiger partial charge in [-0.15, -0.1) is 0 Å². The van der Waals surface area contributed by atoms with E-state index in [-0.39, 0.29) is 6.03 Å². The van der Waals surface area contributed by atoms with Crippen LogP contribution >= 0.6 is 0 Å². The molecule has 0 spiro atoms. The number of ether oxygens (including phenoxy) is 1. The van der Waals surface area contributed by atoms with E-state index in [4.69, 9.17) is 4.74 Å². The monoisotopic (exact) mass is 236 g/mol. The highest BCUT2D eigenvalue weighted by molar-refractivity contribution is 5.89. The number of urea groups is 1. The van der Waals surface area contributed by atoms with Gasteiger partial charge in [0.15, 0.2) is 0 Å². The molecule has 0 aliphatic heterocycles. The Morgan fingerprint density at radius 2 is 1.94 bits per heavy atom. The molecule has 2 amide bonds. The van der Waals surface area contributed by atoms with Crippen molar-refractivity contribution in [2.75, 3.05) is 25.6 Å². The van der Waals surface area contributed by atoms with Crippen LogP contribution in [0, 0.1) is 0 Å². The average molecular weight is 236 g/mol. The number of hydrogen-bond acceptors (Lipinski definition) is 2. The van der Waals surface area contributed by atoms with Gasteiger partial charge in [-0.1, -0.05) is 26.0 Å². The summed E-state index contributed by atoms with van der Waals surface area (Å²) in [7, 11) is 1.60. The lowest BCUT2D eigenvalue weighted by molar-refractivity contribution is 0.198. The Morgan fingerprint density at radius 1 is 1.29 bits per heavy atom. The highest BCUT2D eigenvalue weighted by atomic mass is 16.5. The Bertz CT molecular complexity index is 347. The van der Waals surface area contributed by atoms with Gasteiger partial charge in [-0.05, 0) is 23.6 Å². The first-order chi connectivity index (χ1) is 8.13. The van der Waals surface area contributed by atoms with E-state index in [0.29, 0.717) is 19.1 Å². The van der Waals surface area contributed by atoms with Gasteiger partial charge in [-0.25, -0.2) is 4.79 Å². The van der Waals surface area contributed by atoms with Crippen LogP contribution < -0.4 is 10.6 Å². The molecule has 0 atom stereocenters. The van der Waals surface area contributed by atoms with Crippen LogP contribution in [0.5, 0.6) is 0 Å². The Kier molecular flexibility index (Phi) is 5.49. The molecule has 0 heterocycles. The molecule has 0 radical (unpaired) electrons. The van der Waals surface area contributed by atoms with Gasteiger partial charge in [-0.2, -0.15) is 0 Å². The van der Waals surface area contributed by atoms with Crippen molar-refractivity contribution in [1.29, 1.82) is 0 Å². The molecule has 1 rings (SSSR count). The summed E-state index contributed by atoms with van der Waals surface area (Å²) in [6, 6.07) is 7.65. The lowest BCUT2D eigenvalue weighted by atomic mass is 10.0. The molecule has 0 unspecified atom stereocenters. The van der Waals surface area contributed by atoms with Crippen LogP contribution in [0.1, 0.15) is 25.3 Å². The highest BCUT2D eigenvalue weighted by Gasteiger charge is 2.02. The summed E-state index contributed by atoms with van der Waals surface area (Å²) in [6.07, 6.45) is 0. The molecule has 1 aromatic rings. The number of carbonyl (C=O) groups excluding carboxylic acids is 1. The van der Waals surface area contributed by atoms with E-state index in [1.807, 2.05) is 24.3 Å². The van der Waals surface area contributed by atoms with Crippen molar-refractivity contribution >= 4 is 11.7 Å². The number of nitrogens with one attached hydrogen (secondary N) is 2. The fourth-order valence-corrected chi connectivity index (χ4v) is 1.39. The molecule has 4 nitrogen and oxygen atoms in total. The van der Waals surface area contributed by atoms with Gasteiger partial charge in [0, 0.05) is 19.3 Å². The maximum atomic E-state index is 11.4.